The molecule has 8 heteroatoms. The Hall–Kier alpha value is -1.83. The first kappa shape index (κ1) is 15.2. The first-order valence-electron chi connectivity index (χ1n) is 5.57. The Bertz CT molecular complexity index is 503. The van der Waals surface area contributed by atoms with Gasteiger partial charge in [-0.3, -0.25) is 9.36 Å². The van der Waals surface area contributed by atoms with Crippen LogP contribution in [0.25, 0.3) is 0 Å². The van der Waals surface area contributed by atoms with Gasteiger partial charge >= 0.3 is 11.7 Å². The van der Waals surface area contributed by atoms with E-state index in [9.17, 15) is 14.4 Å². The number of carbonyl (C=O) groups is 2. The Morgan fingerprint density at radius 2 is 2.32 bits per heavy atom. The van der Waals surface area contributed by atoms with E-state index >= 15 is 0 Å². The molecule has 1 aromatic heterocycles. The largest absolute Gasteiger partial charge is 0.480 e. The van der Waals surface area contributed by atoms with Crippen LogP contribution in [0, 0.1) is 0 Å². The van der Waals surface area contributed by atoms with E-state index in [4.69, 9.17) is 5.11 Å². The maximum atomic E-state index is 11.7. The summed E-state index contributed by atoms with van der Waals surface area (Å²) < 4.78 is 1.11. The standard InChI is InChI=1S/C11H15N3O4S/c1-19-6-3-8(10(16)17)13-9(15)7-14-5-2-4-12-11(14)18/h2,4-5,8H,3,6-7H2,1H3,(H,13,15)(H,16,17)/t8-/m1/s1. The van der Waals surface area contributed by atoms with Gasteiger partial charge in [0.25, 0.3) is 0 Å². The smallest absolute Gasteiger partial charge is 0.347 e. The number of thioether (sulfide) groups is 1. The molecule has 0 saturated heterocycles. The average molecular weight is 285 g/mol. The van der Waals surface area contributed by atoms with Gasteiger partial charge in [0.1, 0.15) is 12.6 Å². The highest BCUT2D eigenvalue weighted by molar-refractivity contribution is 7.98. The van der Waals surface area contributed by atoms with Crippen LogP contribution in [0.3, 0.4) is 0 Å². The van der Waals surface area contributed by atoms with Gasteiger partial charge in [0.15, 0.2) is 0 Å². The summed E-state index contributed by atoms with van der Waals surface area (Å²) in [5.74, 6) is -0.978. The Morgan fingerprint density at radius 1 is 1.58 bits per heavy atom. The maximum Gasteiger partial charge on any atom is 0.347 e. The van der Waals surface area contributed by atoms with E-state index in [2.05, 4.69) is 10.3 Å². The van der Waals surface area contributed by atoms with Crippen molar-refractivity contribution in [2.24, 2.45) is 0 Å². The van der Waals surface area contributed by atoms with Crippen molar-refractivity contribution in [1.82, 2.24) is 14.9 Å². The summed E-state index contributed by atoms with van der Waals surface area (Å²) in [5, 5.41) is 11.4. The van der Waals surface area contributed by atoms with Gasteiger partial charge in [-0.1, -0.05) is 0 Å². The molecule has 0 aliphatic rings. The van der Waals surface area contributed by atoms with E-state index in [0.29, 0.717) is 12.2 Å². The zero-order valence-electron chi connectivity index (χ0n) is 10.4. The summed E-state index contributed by atoms with van der Waals surface area (Å²) in [4.78, 5) is 37.4. The lowest BCUT2D eigenvalue weighted by atomic mass is 10.2. The SMILES string of the molecule is CSCC[C@@H](NC(=O)Cn1cccnc1=O)C(=O)O. The highest BCUT2D eigenvalue weighted by Gasteiger charge is 2.19. The van der Waals surface area contributed by atoms with Crippen molar-refractivity contribution in [3.05, 3.63) is 28.9 Å². The third-order valence-corrected chi connectivity index (χ3v) is 2.98. The number of carboxylic acids is 1. The number of hydrogen-bond donors (Lipinski definition) is 2. The van der Waals surface area contributed by atoms with Crippen LogP contribution in [0.2, 0.25) is 0 Å². The van der Waals surface area contributed by atoms with Crippen molar-refractivity contribution in [2.45, 2.75) is 19.0 Å². The summed E-state index contributed by atoms with van der Waals surface area (Å²) in [5.41, 5.74) is -0.548. The molecule has 104 valence electrons. The van der Waals surface area contributed by atoms with Gasteiger partial charge in [-0.15, -0.1) is 0 Å². The fraction of sp³-hybridized carbons (Fsp3) is 0.455. The molecule has 0 radical (unpaired) electrons. The minimum Gasteiger partial charge on any atom is -0.480 e. The van der Waals surface area contributed by atoms with Gasteiger partial charge in [-0.25, -0.2) is 14.6 Å². The minimum absolute atomic E-state index is 0.240. The topological polar surface area (TPSA) is 101 Å². The normalized spacial score (nSPS) is 11.8. The molecule has 0 fully saturated rings. The van der Waals surface area contributed by atoms with Crippen LogP contribution in [0.15, 0.2) is 23.3 Å². The molecule has 1 aromatic rings. The summed E-state index contributed by atoms with van der Waals surface area (Å²) in [6, 6.07) is 0.587. The lowest BCUT2D eigenvalue weighted by Gasteiger charge is -2.14. The fourth-order valence-electron chi connectivity index (χ4n) is 1.40. The van der Waals surface area contributed by atoms with Crippen LogP contribution < -0.4 is 11.0 Å². The van der Waals surface area contributed by atoms with E-state index in [1.165, 1.54) is 30.2 Å². The highest BCUT2D eigenvalue weighted by Crippen LogP contribution is 2.01. The zero-order valence-corrected chi connectivity index (χ0v) is 11.2. The molecule has 19 heavy (non-hydrogen) atoms. The average Bonchev–Trinajstić information content (AvgIpc) is 2.37. The van der Waals surface area contributed by atoms with Crippen LogP contribution in [0.5, 0.6) is 0 Å². The number of carboxylic acid groups (broad SMARTS) is 1. The second kappa shape index (κ2) is 7.57. The number of rotatable bonds is 7. The van der Waals surface area contributed by atoms with Crippen molar-refractivity contribution < 1.29 is 14.7 Å². The monoisotopic (exact) mass is 285 g/mol. The first-order valence-corrected chi connectivity index (χ1v) is 6.96. The molecule has 1 heterocycles. The number of aliphatic carboxylic acids is 1. The summed E-state index contributed by atoms with van der Waals surface area (Å²) in [6.07, 6.45) is 4.95. The lowest BCUT2D eigenvalue weighted by Crippen LogP contribution is -2.43. The molecule has 1 amide bonds. The van der Waals surface area contributed by atoms with Crippen molar-refractivity contribution in [3.63, 3.8) is 0 Å². The molecule has 7 nitrogen and oxygen atoms in total. The van der Waals surface area contributed by atoms with E-state index in [-0.39, 0.29) is 6.54 Å². The van der Waals surface area contributed by atoms with E-state index < -0.39 is 23.6 Å². The van der Waals surface area contributed by atoms with E-state index in [1.54, 1.807) is 0 Å². The van der Waals surface area contributed by atoms with Crippen molar-refractivity contribution in [2.75, 3.05) is 12.0 Å². The van der Waals surface area contributed by atoms with Crippen molar-refractivity contribution in [1.29, 1.82) is 0 Å². The van der Waals surface area contributed by atoms with Gasteiger partial charge < -0.3 is 10.4 Å². The minimum atomic E-state index is -1.08. The molecule has 0 saturated carbocycles. The Balaban J connectivity index is 2.60. The Kier molecular flexibility index (Phi) is 6.07. The van der Waals surface area contributed by atoms with Gasteiger partial charge in [0, 0.05) is 12.4 Å². The number of aromatic nitrogens is 2. The predicted octanol–water partition coefficient (Wildman–Crippen LogP) is -0.434. The van der Waals surface area contributed by atoms with Crippen LogP contribution in [0.1, 0.15) is 6.42 Å². The van der Waals surface area contributed by atoms with Crippen molar-refractivity contribution >= 4 is 23.6 Å². The van der Waals surface area contributed by atoms with Crippen LogP contribution >= 0.6 is 11.8 Å². The summed E-state index contributed by atoms with van der Waals surface area (Å²) in [6.45, 7) is -0.240. The molecule has 2 N–H and O–H groups in total. The Morgan fingerprint density at radius 3 is 2.89 bits per heavy atom. The van der Waals surface area contributed by atoms with Crippen molar-refractivity contribution in [3.8, 4) is 0 Å². The predicted molar refractivity (Wildman–Crippen MR) is 71.1 cm³/mol. The summed E-state index contributed by atoms with van der Waals surface area (Å²) in [7, 11) is 0. The van der Waals surface area contributed by atoms with E-state index in [1.807, 2.05) is 6.26 Å². The Labute approximate surface area is 114 Å². The van der Waals surface area contributed by atoms with Gasteiger partial charge in [0.05, 0.1) is 0 Å². The lowest BCUT2D eigenvalue weighted by molar-refractivity contribution is -0.141. The maximum absolute atomic E-state index is 11.7. The third kappa shape index (κ3) is 5.12. The van der Waals surface area contributed by atoms with E-state index in [0.717, 1.165) is 4.57 Å². The van der Waals surface area contributed by atoms with Gasteiger partial charge in [-0.2, -0.15) is 11.8 Å². The zero-order chi connectivity index (χ0) is 14.3. The van der Waals surface area contributed by atoms with Crippen LogP contribution in [-0.4, -0.2) is 44.6 Å². The first-order chi connectivity index (χ1) is 9.04. The number of carbonyl (C=O) groups excluding carboxylic acids is 1. The van der Waals surface area contributed by atoms with Crippen LogP contribution in [0.4, 0.5) is 0 Å². The molecular formula is C11H15N3O4S. The quantitative estimate of drug-likeness (QED) is 0.704. The third-order valence-electron chi connectivity index (χ3n) is 2.34. The molecule has 1 atom stereocenters. The highest BCUT2D eigenvalue weighted by atomic mass is 32.2. The molecule has 0 aromatic carbocycles. The fourth-order valence-corrected chi connectivity index (χ4v) is 1.87. The number of amides is 1. The van der Waals surface area contributed by atoms with Crippen LogP contribution in [-0.2, 0) is 16.1 Å². The van der Waals surface area contributed by atoms with Gasteiger partial charge in [-0.05, 0) is 24.5 Å². The molecule has 0 aliphatic heterocycles. The molecule has 0 unspecified atom stereocenters. The molecule has 0 spiro atoms. The van der Waals surface area contributed by atoms with Gasteiger partial charge in [0.2, 0.25) is 5.91 Å². The number of hydrogen-bond acceptors (Lipinski definition) is 5. The molecule has 0 aliphatic carbocycles. The summed E-state index contributed by atoms with van der Waals surface area (Å²) >= 11 is 1.50. The number of nitrogens with one attached hydrogen (secondary N) is 1. The second-order valence-corrected chi connectivity index (χ2v) is 4.76. The number of nitrogens with zero attached hydrogens (tertiary/aromatic N) is 2. The molecular weight excluding hydrogens is 270 g/mol. The second-order valence-electron chi connectivity index (χ2n) is 3.77. The molecule has 1 rings (SSSR count). The molecule has 0 bridgehead atoms.